The van der Waals surface area contributed by atoms with Gasteiger partial charge in [0.15, 0.2) is 0 Å². The summed E-state index contributed by atoms with van der Waals surface area (Å²) < 4.78 is 4.79. The van der Waals surface area contributed by atoms with Crippen molar-refractivity contribution >= 4 is 12.0 Å². The third-order valence-corrected chi connectivity index (χ3v) is 2.69. The van der Waals surface area contributed by atoms with Crippen LogP contribution in [-0.2, 0) is 9.53 Å². The van der Waals surface area contributed by atoms with Crippen molar-refractivity contribution in [2.45, 2.75) is 33.6 Å². The van der Waals surface area contributed by atoms with Crippen LogP contribution in [0.2, 0.25) is 0 Å². The molecule has 1 rings (SSSR count). The minimum atomic E-state index is -0.516. The number of hydrogen-bond donors (Lipinski definition) is 0. The predicted molar refractivity (Wildman–Crippen MR) is 65.4 cm³/mol. The predicted octanol–water partition coefficient (Wildman–Crippen LogP) is 2.59. The third-order valence-electron chi connectivity index (χ3n) is 2.69. The summed E-state index contributed by atoms with van der Waals surface area (Å²) >= 11 is 0. The summed E-state index contributed by atoms with van der Waals surface area (Å²) in [6, 6.07) is 0. The Balaban J connectivity index is 2.72. The van der Waals surface area contributed by atoms with Gasteiger partial charge < -0.3 is 4.74 Å². The number of ether oxygens (including phenoxy) is 1. The molecule has 1 atom stereocenters. The number of hydrogen-bond acceptors (Lipinski definition) is 3. The molecule has 0 aliphatic carbocycles. The smallest absolute Gasteiger partial charge is 0.416 e. The van der Waals surface area contributed by atoms with E-state index in [-0.39, 0.29) is 17.2 Å². The average molecular weight is 239 g/mol. The highest BCUT2D eigenvalue weighted by Gasteiger charge is 2.34. The van der Waals surface area contributed by atoms with E-state index < -0.39 is 6.09 Å². The maximum atomic E-state index is 12.2. The molecule has 4 heteroatoms. The van der Waals surface area contributed by atoms with Gasteiger partial charge in [-0.3, -0.25) is 4.79 Å². The van der Waals surface area contributed by atoms with E-state index >= 15 is 0 Å². The molecule has 4 nitrogen and oxygen atoms in total. The van der Waals surface area contributed by atoms with Gasteiger partial charge in [-0.1, -0.05) is 26.8 Å². The van der Waals surface area contributed by atoms with Crippen molar-refractivity contribution in [1.29, 1.82) is 0 Å². The molecule has 17 heavy (non-hydrogen) atoms. The van der Waals surface area contributed by atoms with Crippen LogP contribution in [0.3, 0.4) is 0 Å². The SMILES string of the molecule is C=CC[C@@H](CC(C)(C)C)C(=O)N1CCOC1=O. The number of carbonyl (C=O) groups is 2. The van der Waals surface area contributed by atoms with Crippen LogP contribution in [0.1, 0.15) is 33.6 Å². The second-order valence-electron chi connectivity index (χ2n) is 5.59. The number of rotatable bonds is 4. The van der Waals surface area contributed by atoms with Gasteiger partial charge in [-0.25, -0.2) is 9.69 Å². The summed E-state index contributed by atoms with van der Waals surface area (Å²) in [4.78, 5) is 24.8. The molecule has 1 heterocycles. The van der Waals surface area contributed by atoms with E-state index in [1.807, 2.05) is 0 Å². The molecule has 0 N–H and O–H groups in total. The van der Waals surface area contributed by atoms with Crippen molar-refractivity contribution in [3.63, 3.8) is 0 Å². The van der Waals surface area contributed by atoms with Crippen molar-refractivity contribution in [2.75, 3.05) is 13.2 Å². The van der Waals surface area contributed by atoms with Gasteiger partial charge in [0.2, 0.25) is 5.91 Å². The zero-order valence-electron chi connectivity index (χ0n) is 10.9. The molecule has 0 bridgehead atoms. The van der Waals surface area contributed by atoms with Gasteiger partial charge in [0, 0.05) is 5.92 Å². The zero-order chi connectivity index (χ0) is 13.1. The average Bonchev–Trinajstić information content (AvgIpc) is 2.61. The van der Waals surface area contributed by atoms with Crippen molar-refractivity contribution in [3.8, 4) is 0 Å². The van der Waals surface area contributed by atoms with Crippen molar-refractivity contribution < 1.29 is 14.3 Å². The second kappa shape index (κ2) is 5.34. The Labute approximate surface area is 103 Å². The van der Waals surface area contributed by atoms with Crippen molar-refractivity contribution in [2.24, 2.45) is 11.3 Å². The normalized spacial score (nSPS) is 17.8. The first-order valence-electron chi connectivity index (χ1n) is 5.94. The van der Waals surface area contributed by atoms with E-state index in [0.29, 0.717) is 19.6 Å². The fraction of sp³-hybridized carbons (Fsp3) is 0.692. The van der Waals surface area contributed by atoms with Gasteiger partial charge in [0.25, 0.3) is 0 Å². The molecule has 0 spiro atoms. The van der Waals surface area contributed by atoms with E-state index in [1.165, 1.54) is 4.90 Å². The fourth-order valence-electron chi connectivity index (χ4n) is 2.03. The quantitative estimate of drug-likeness (QED) is 0.708. The Morgan fingerprint density at radius 1 is 1.59 bits per heavy atom. The number of nitrogens with zero attached hydrogens (tertiary/aromatic N) is 1. The van der Waals surface area contributed by atoms with Crippen molar-refractivity contribution in [1.82, 2.24) is 4.90 Å². The largest absolute Gasteiger partial charge is 0.447 e. The van der Waals surface area contributed by atoms with E-state index in [2.05, 4.69) is 27.4 Å². The standard InChI is InChI=1S/C13H21NO3/c1-5-6-10(9-13(2,3)4)11(15)14-7-8-17-12(14)16/h5,10H,1,6-9H2,2-4H3/t10-/m0/s1. The number of allylic oxidation sites excluding steroid dienone is 1. The van der Waals surface area contributed by atoms with E-state index in [0.717, 1.165) is 6.42 Å². The van der Waals surface area contributed by atoms with Gasteiger partial charge in [-0.2, -0.15) is 0 Å². The van der Waals surface area contributed by atoms with Crippen LogP contribution >= 0.6 is 0 Å². The summed E-state index contributed by atoms with van der Waals surface area (Å²) in [5.74, 6) is -0.319. The number of imide groups is 1. The topological polar surface area (TPSA) is 46.6 Å². The molecule has 0 aromatic carbocycles. The molecular formula is C13H21NO3. The van der Waals surface area contributed by atoms with Gasteiger partial charge in [-0.05, 0) is 18.3 Å². The van der Waals surface area contributed by atoms with Gasteiger partial charge in [0.1, 0.15) is 6.61 Å². The van der Waals surface area contributed by atoms with Crippen LogP contribution in [0.25, 0.3) is 0 Å². The Hall–Kier alpha value is -1.32. The molecule has 0 aromatic heterocycles. The van der Waals surface area contributed by atoms with Gasteiger partial charge in [0.05, 0.1) is 6.54 Å². The second-order valence-corrected chi connectivity index (χ2v) is 5.59. The molecule has 0 saturated carbocycles. The molecule has 1 aliphatic rings. The fourth-order valence-corrected chi connectivity index (χ4v) is 2.03. The highest BCUT2D eigenvalue weighted by molar-refractivity contribution is 5.94. The maximum absolute atomic E-state index is 12.2. The molecule has 1 saturated heterocycles. The molecular weight excluding hydrogens is 218 g/mol. The summed E-state index contributed by atoms with van der Waals surface area (Å²) in [6.07, 6.45) is 2.55. The highest BCUT2D eigenvalue weighted by atomic mass is 16.6. The van der Waals surface area contributed by atoms with Crippen LogP contribution in [0.15, 0.2) is 12.7 Å². The van der Waals surface area contributed by atoms with E-state index in [1.54, 1.807) is 6.08 Å². The van der Waals surface area contributed by atoms with E-state index in [4.69, 9.17) is 4.74 Å². The third kappa shape index (κ3) is 3.88. The van der Waals surface area contributed by atoms with Crippen LogP contribution in [0.4, 0.5) is 4.79 Å². The molecule has 2 amide bonds. The molecule has 1 aliphatic heterocycles. The summed E-state index contributed by atoms with van der Waals surface area (Å²) in [5.41, 5.74) is 0.0486. The monoisotopic (exact) mass is 239 g/mol. The molecule has 0 aromatic rings. The van der Waals surface area contributed by atoms with Crippen LogP contribution < -0.4 is 0 Å². The Kier molecular flexibility index (Phi) is 4.32. The molecule has 0 radical (unpaired) electrons. The lowest BCUT2D eigenvalue weighted by Crippen LogP contribution is -2.38. The molecule has 1 fully saturated rings. The summed E-state index contributed by atoms with van der Waals surface area (Å²) in [7, 11) is 0. The Bertz CT molecular complexity index is 317. The molecule has 96 valence electrons. The van der Waals surface area contributed by atoms with Crippen LogP contribution in [0.5, 0.6) is 0 Å². The number of carbonyl (C=O) groups excluding carboxylic acids is 2. The Morgan fingerprint density at radius 3 is 2.65 bits per heavy atom. The summed E-state index contributed by atoms with van der Waals surface area (Å²) in [5, 5.41) is 0. The van der Waals surface area contributed by atoms with Gasteiger partial charge >= 0.3 is 6.09 Å². The first-order chi connectivity index (χ1) is 7.85. The lowest BCUT2D eigenvalue weighted by Gasteiger charge is -2.26. The highest BCUT2D eigenvalue weighted by Crippen LogP contribution is 2.28. The lowest BCUT2D eigenvalue weighted by atomic mass is 9.82. The van der Waals surface area contributed by atoms with Crippen LogP contribution in [-0.4, -0.2) is 30.1 Å². The number of amides is 2. The van der Waals surface area contributed by atoms with E-state index in [9.17, 15) is 9.59 Å². The van der Waals surface area contributed by atoms with Gasteiger partial charge in [-0.15, -0.1) is 6.58 Å². The zero-order valence-corrected chi connectivity index (χ0v) is 10.9. The molecule has 0 unspecified atom stereocenters. The van der Waals surface area contributed by atoms with Crippen molar-refractivity contribution in [3.05, 3.63) is 12.7 Å². The first-order valence-corrected chi connectivity index (χ1v) is 5.94. The summed E-state index contributed by atoms with van der Waals surface area (Å²) in [6.45, 7) is 10.6. The van der Waals surface area contributed by atoms with Crippen LogP contribution in [0, 0.1) is 11.3 Å². The maximum Gasteiger partial charge on any atom is 0.416 e. The minimum Gasteiger partial charge on any atom is -0.447 e. The lowest BCUT2D eigenvalue weighted by molar-refractivity contribution is -0.132. The number of cyclic esters (lactones) is 1. The minimum absolute atomic E-state index is 0.0486. The Morgan fingerprint density at radius 2 is 2.24 bits per heavy atom. The first kappa shape index (κ1) is 13.7.